The Balaban J connectivity index is 2.61. The van der Waals surface area contributed by atoms with Crippen molar-refractivity contribution in [3.8, 4) is 0 Å². The van der Waals surface area contributed by atoms with Crippen molar-refractivity contribution in [3.63, 3.8) is 0 Å². The molecule has 77 valence electrons. The summed E-state index contributed by atoms with van der Waals surface area (Å²) in [5, 5.41) is 0. The number of hydrogen-bond acceptors (Lipinski definition) is 1. The van der Waals surface area contributed by atoms with Gasteiger partial charge in [-0.3, -0.25) is 0 Å². The first-order valence-corrected chi connectivity index (χ1v) is 5.35. The monoisotopic (exact) mass is 198 g/mol. The predicted molar refractivity (Wildman–Crippen MR) is 68.3 cm³/mol. The SMILES string of the molecule is C=C1N(C)c2cc([B]C)ccc2C1(C)C. The lowest BCUT2D eigenvalue weighted by atomic mass is 9.72. The Morgan fingerprint density at radius 2 is 2.00 bits per heavy atom. The van der Waals surface area contributed by atoms with Crippen molar-refractivity contribution in [2.24, 2.45) is 0 Å². The van der Waals surface area contributed by atoms with Crippen LogP contribution in [0.2, 0.25) is 6.82 Å². The van der Waals surface area contributed by atoms with Crippen LogP contribution in [0.4, 0.5) is 5.69 Å². The molecule has 0 unspecified atom stereocenters. The second kappa shape index (κ2) is 3.16. The minimum atomic E-state index is 0.0658. The van der Waals surface area contributed by atoms with Crippen molar-refractivity contribution < 1.29 is 0 Å². The summed E-state index contributed by atoms with van der Waals surface area (Å²) in [4.78, 5) is 2.20. The molecule has 0 aliphatic carbocycles. The minimum Gasteiger partial charge on any atom is -0.348 e. The molecule has 0 amide bonds. The fraction of sp³-hybridized carbons (Fsp3) is 0.385. The van der Waals surface area contributed by atoms with Gasteiger partial charge in [0.15, 0.2) is 0 Å². The van der Waals surface area contributed by atoms with Gasteiger partial charge in [0.1, 0.15) is 7.28 Å². The van der Waals surface area contributed by atoms with Gasteiger partial charge in [-0.05, 0) is 11.6 Å². The summed E-state index contributed by atoms with van der Waals surface area (Å²) >= 11 is 0. The molecule has 1 heterocycles. The van der Waals surface area contributed by atoms with Gasteiger partial charge in [-0.25, -0.2) is 0 Å². The van der Waals surface area contributed by atoms with Crippen LogP contribution in [0.25, 0.3) is 0 Å². The second-order valence-corrected chi connectivity index (χ2v) is 4.70. The van der Waals surface area contributed by atoms with Gasteiger partial charge in [0, 0.05) is 23.8 Å². The summed E-state index contributed by atoms with van der Waals surface area (Å²) in [6.45, 7) is 10.7. The molecule has 0 atom stereocenters. The van der Waals surface area contributed by atoms with Crippen molar-refractivity contribution in [2.75, 3.05) is 11.9 Å². The standard InChI is InChI=1S/C13H17BN/c1-9-13(2,3)11-7-6-10(14-4)8-12(11)15(9)5/h6-8H,1H2,2-5H3. The predicted octanol–water partition coefficient (Wildman–Crippen LogP) is 2.31. The zero-order valence-corrected chi connectivity index (χ0v) is 9.96. The normalized spacial score (nSPS) is 17.9. The molecule has 1 aliphatic rings. The largest absolute Gasteiger partial charge is 0.348 e. The summed E-state index contributed by atoms with van der Waals surface area (Å²) in [6, 6.07) is 6.63. The van der Waals surface area contributed by atoms with E-state index in [0.717, 1.165) is 0 Å². The van der Waals surface area contributed by atoms with Crippen LogP contribution in [0.15, 0.2) is 30.5 Å². The van der Waals surface area contributed by atoms with Crippen LogP contribution in [0, 0.1) is 0 Å². The average molecular weight is 198 g/mol. The van der Waals surface area contributed by atoms with Crippen molar-refractivity contribution in [3.05, 3.63) is 36.0 Å². The first kappa shape index (κ1) is 10.3. The topological polar surface area (TPSA) is 3.24 Å². The van der Waals surface area contributed by atoms with Crippen LogP contribution in [0.3, 0.4) is 0 Å². The van der Waals surface area contributed by atoms with E-state index in [1.54, 1.807) is 0 Å². The van der Waals surface area contributed by atoms with Crippen LogP contribution in [-0.4, -0.2) is 14.3 Å². The Labute approximate surface area is 93.0 Å². The number of fused-ring (bicyclic) bond motifs is 1. The molecule has 15 heavy (non-hydrogen) atoms. The molecule has 0 aromatic heterocycles. The van der Waals surface area contributed by atoms with Crippen LogP contribution >= 0.6 is 0 Å². The Hall–Kier alpha value is -1.18. The number of nitrogens with zero attached hydrogens (tertiary/aromatic N) is 1. The van der Waals surface area contributed by atoms with E-state index in [1.807, 2.05) is 0 Å². The van der Waals surface area contributed by atoms with Gasteiger partial charge in [-0.1, -0.05) is 44.8 Å². The molecule has 1 aromatic rings. The van der Waals surface area contributed by atoms with Gasteiger partial charge in [0.05, 0.1) is 0 Å². The molecular weight excluding hydrogens is 181 g/mol. The van der Waals surface area contributed by atoms with Crippen molar-refractivity contribution >= 4 is 18.4 Å². The fourth-order valence-electron chi connectivity index (χ4n) is 2.25. The molecule has 1 radical (unpaired) electrons. The highest BCUT2D eigenvalue weighted by Crippen LogP contribution is 2.45. The van der Waals surface area contributed by atoms with Crippen molar-refractivity contribution in [1.82, 2.24) is 0 Å². The maximum atomic E-state index is 4.17. The van der Waals surface area contributed by atoms with E-state index < -0.39 is 0 Å². The van der Waals surface area contributed by atoms with E-state index in [4.69, 9.17) is 0 Å². The van der Waals surface area contributed by atoms with Gasteiger partial charge in [0.25, 0.3) is 0 Å². The lowest BCUT2D eigenvalue weighted by molar-refractivity contribution is 0.643. The first-order valence-electron chi connectivity index (χ1n) is 5.35. The van der Waals surface area contributed by atoms with Crippen molar-refractivity contribution in [2.45, 2.75) is 26.1 Å². The third-order valence-corrected chi connectivity index (χ3v) is 3.52. The summed E-state index contributed by atoms with van der Waals surface area (Å²) in [6.07, 6.45) is 0. The zero-order chi connectivity index (χ0) is 11.2. The van der Waals surface area contributed by atoms with E-state index in [2.05, 4.69) is 64.7 Å². The van der Waals surface area contributed by atoms with E-state index in [-0.39, 0.29) is 5.41 Å². The van der Waals surface area contributed by atoms with Crippen LogP contribution in [0.1, 0.15) is 19.4 Å². The quantitative estimate of drug-likeness (QED) is 0.626. The van der Waals surface area contributed by atoms with Crippen LogP contribution in [-0.2, 0) is 5.41 Å². The average Bonchev–Trinajstić information content (AvgIpc) is 2.40. The molecule has 0 spiro atoms. The lowest BCUT2D eigenvalue weighted by Crippen LogP contribution is -2.21. The van der Waals surface area contributed by atoms with E-state index in [9.17, 15) is 0 Å². The van der Waals surface area contributed by atoms with E-state index in [0.29, 0.717) is 0 Å². The Morgan fingerprint density at radius 1 is 1.33 bits per heavy atom. The molecule has 2 heteroatoms. The van der Waals surface area contributed by atoms with Gasteiger partial charge < -0.3 is 4.90 Å². The third-order valence-electron chi connectivity index (χ3n) is 3.52. The zero-order valence-electron chi connectivity index (χ0n) is 9.96. The summed E-state index contributed by atoms with van der Waals surface area (Å²) in [7, 11) is 4.22. The molecular formula is C13H17BN. The van der Waals surface area contributed by atoms with Gasteiger partial charge in [-0.15, -0.1) is 0 Å². The van der Waals surface area contributed by atoms with Gasteiger partial charge in [-0.2, -0.15) is 0 Å². The lowest BCUT2D eigenvalue weighted by Gasteiger charge is -2.22. The second-order valence-electron chi connectivity index (χ2n) is 4.70. The minimum absolute atomic E-state index is 0.0658. The summed E-state index contributed by atoms with van der Waals surface area (Å²) in [5.74, 6) is 0. The number of hydrogen-bond donors (Lipinski definition) is 0. The maximum Gasteiger partial charge on any atom is 0.148 e. The van der Waals surface area contributed by atoms with E-state index in [1.165, 1.54) is 22.4 Å². The number of rotatable bonds is 1. The Kier molecular flexibility index (Phi) is 2.18. The molecule has 0 N–H and O–H groups in total. The maximum absolute atomic E-state index is 4.17. The number of benzene rings is 1. The van der Waals surface area contributed by atoms with Crippen LogP contribution in [0.5, 0.6) is 0 Å². The third kappa shape index (κ3) is 1.31. The fourth-order valence-corrected chi connectivity index (χ4v) is 2.25. The summed E-state index contributed by atoms with van der Waals surface area (Å²) in [5.41, 5.74) is 5.18. The number of anilines is 1. The highest BCUT2D eigenvalue weighted by atomic mass is 15.1. The first-order chi connectivity index (χ1) is 6.98. The van der Waals surface area contributed by atoms with Crippen LogP contribution < -0.4 is 10.4 Å². The highest BCUT2D eigenvalue weighted by Gasteiger charge is 2.36. The summed E-state index contributed by atoms with van der Waals surface area (Å²) < 4.78 is 0. The molecule has 1 aromatic carbocycles. The Morgan fingerprint density at radius 3 is 2.60 bits per heavy atom. The number of allylic oxidation sites excluding steroid dienone is 1. The molecule has 2 rings (SSSR count). The van der Waals surface area contributed by atoms with Gasteiger partial charge in [0.2, 0.25) is 0 Å². The van der Waals surface area contributed by atoms with Gasteiger partial charge >= 0.3 is 0 Å². The molecule has 1 nitrogen and oxygen atoms in total. The molecule has 0 saturated carbocycles. The van der Waals surface area contributed by atoms with Crippen molar-refractivity contribution in [1.29, 1.82) is 0 Å². The molecule has 1 aliphatic heterocycles. The number of likely N-dealkylation sites (N-methyl/N-ethyl adjacent to an activating group) is 1. The Bertz CT molecular complexity index is 421. The smallest absolute Gasteiger partial charge is 0.148 e. The molecule has 0 saturated heterocycles. The molecule has 0 fully saturated rings. The van der Waals surface area contributed by atoms with E-state index >= 15 is 0 Å². The molecule has 0 bridgehead atoms. The highest BCUT2D eigenvalue weighted by molar-refractivity contribution is 6.52.